The minimum atomic E-state index is -0.761. The number of esters is 3. The summed E-state index contributed by atoms with van der Waals surface area (Å²) in [7, 11) is 0. The molecular weight excluding hydrogens is 709 g/mol. The van der Waals surface area contributed by atoms with Gasteiger partial charge in [0, 0.05) is 19.3 Å². The molecule has 0 aromatic heterocycles. The van der Waals surface area contributed by atoms with Crippen molar-refractivity contribution in [2.45, 2.75) is 285 Å². The van der Waals surface area contributed by atoms with Crippen LogP contribution < -0.4 is 0 Å². The number of hydrogen-bond acceptors (Lipinski definition) is 6. The van der Waals surface area contributed by atoms with E-state index in [4.69, 9.17) is 14.2 Å². The lowest BCUT2D eigenvalue weighted by atomic mass is 9.99. The zero-order chi connectivity index (χ0) is 41.9. The zero-order valence-electron chi connectivity index (χ0n) is 39.0. The molecule has 0 bridgehead atoms. The second-order valence-corrected chi connectivity index (χ2v) is 18.2. The van der Waals surface area contributed by atoms with Crippen molar-refractivity contribution < 1.29 is 28.6 Å². The maximum atomic E-state index is 12.7. The average molecular weight is 807 g/mol. The highest BCUT2D eigenvalue weighted by atomic mass is 16.6. The van der Waals surface area contributed by atoms with E-state index in [2.05, 4.69) is 34.6 Å². The first-order valence-corrected chi connectivity index (χ1v) is 25.3. The first kappa shape index (κ1) is 55.4. The number of rotatable bonds is 45. The Morgan fingerprint density at radius 3 is 1.00 bits per heavy atom. The Labute approximate surface area is 355 Å². The molecule has 0 heterocycles. The van der Waals surface area contributed by atoms with E-state index < -0.39 is 6.10 Å². The summed E-state index contributed by atoms with van der Waals surface area (Å²) >= 11 is 0. The Morgan fingerprint density at radius 1 is 0.368 bits per heavy atom. The molecule has 0 aromatic rings. The van der Waals surface area contributed by atoms with E-state index in [0.717, 1.165) is 69.6 Å². The quantitative estimate of drug-likeness (QED) is 0.0346. The van der Waals surface area contributed by atoms with Gasteiger partial charge in [-0.2, -0.15) is 0 Å². The van der Waals surface area contributed by atoms with Gasteiger partial charge in [0.25, 0.3) is 0 Å². The molecule has 0 saturated carbocycles. The van der Waals surface area contributed by atoms with Gasteiger partial charge in [-0.15, -0.1) is 0 Å². The molecule has 0 fully saturated rings. The Morgan fingerprint density at radius 2 is 0.667 bits per heavy atom. The fourth-order valence-electron chi connectivity index (χ4n) is 7.60. The lowest BCUT2D eigenvalue weighted by Crippen LogP contribution is -2.30. The van der Waals surface area contributed by atoms with Crippen LogP contribution in [-0.2, 0) is 28.6 Å². The van der Waals surface area contributed by atoms with Gasteiger partial charge in [0.05, 0.1) is 0 Å². The number of hydrogen-bond donors (Lipinski definition) is 0. The predicted molar refractivity (Wildman–Crippen MR) is 243 cm³/mol. The summed E-state index contributed by atoms with van der Waals surface area (Å²) in [5.74, 6) is 0.804. The molecule has 1 unspecified atom stereocenters. The van der Waals surface area contributed by atoms with Crippen LogP contribution in [0.4, 0.5) is 0 Å². The summed E-state index contributed by atoms with van der Waals surface area (Å²) in [6.07, 6.45) is 43.8. The minimum absolute atomic E-state index is 0.0646. The lowest BCUT2D eigenvalue weighted by Gasteiger charge is -2.18. The standard InChI is InChI=1S/C51H98O6/c1-6-8-9-10-11-12-13-19-23-26-33-38-43-51(54)57-48(45-56-50(53)42-37-32-28-27-29-34-39-46(3)4)44-55-49(52)41-36-31-25-22-20-17-15-14-16-18-21-24-30-35-40-47(5)7-2/h46-48H,6-45H2,1-5H3/t47?,48-/m1/s1. The fraction of sp³-hybridized carbons (Fsp3) is 0.941. The topological polar surface area (TPSA) is 78.9 Å². The van der Waals surface area contributed by atoms with Crippen molar-refractivity contribution in [3.63, 3.8) is 0 Å². The summed E-state index contributed by atoms with van der Waals surface area (Å²) in [5, 5.41) is 0. The van der Waals surface area contributed by atoms with Crippen molar-refractivity contribution in [1.29, 1.82) is 0 Å². The van der Waals surface area contributed by atoms with E-state index in [-0.39, 0.29) is 31.1 Å². The van der Waals surface area contributed by atoms with Gasteiger partial charge in [-0.1, -0.05) is 240 Å². The van der Waals surface area contributed by atoms with E-state index >= 15 is 0 Å². The highest BCUT2D eigenvalue weighted by Gasteiger charge is 2.19. The SMILES string of the molecule is CCCCCCCCCCCCCCC(=O)O[C@H](COC(=O)CCCCCCCCCCCCCCCCC(C)CC)COC(=O)CCCCCCCCC(C)C. The van der Waals surface area contributed by atoms with Crippen LogP contribution in [0.1, 0.15) is 279 Å². The van der Waals surface area contributed by atoms with Crippen molar-refractivity contribution in [2.75, 3.05) is 13.2 Å². The second kappa shape index (κ2) is 44.0. The second-order valence-electron chi connectivity index (χ2n) is 18.2. The van der Waals surface area contributed by atoms with Crippen LogP contribution in [0, 0.1) is 11.8 Å². The van der Waals surface area contributed by atoms with E-state index in [1.807, 2.05) is 0 Å². The molecule has 0 amide bonds. The highest BCUT2D eigenvalue weighted by molar-refractivity contribution is 5.71. The Bertz CT molecular complexity index is 872. The van der Waals surface area contributed by atoms with Crippen LogP contribution in [-0.4, -0.2) is 37.2 Å². The molecule has 6 nitrogen and oxygen atoms in total. The highest BCUT2D eigenvalue weighted by Crippen LogP contribution is 2.18. The minimum Gasteiger partial charge on any atom is -0.462 e. The average Bonchev–Trinajstić information content (AvgIpc) is 3.19. The molecule has 0 N–H and O–H groups in total. The Balaban J connectivity index is 4.24. The van der Waals surface area contributed by atoms with Crippen LogP contribution in [0.2, 0.25) is 0 Å². The molecule has 0 rings (SSSR count). The molecule has 6 heteroatoms. The lowest BCUT2D eigenvalue weighted by molar-refractivity contribution is -0.167. The van der Waals surface area contributed by atoms with Gasteiger partial charge in [0.2, 0.25) is 0 Å². The predicted octanol–water partition coefficient (Wildman–Crippen LogP) is 16.1. The third-order valence-corrected chi connectivity index (χ3v) is 11.8. The summed E-state index contributed by atoms with van der Waals surface area (Å²) in [4.78, 5) is 37.8. The molecule has 0 spiro atoms. The molecule has 0 aliphatic heterocycles. The van der Waals surface area contributed by atoms with E-state index in [0.29, 0.717) is 19.3 Å². The number of ether oxygens (including phenoxy) is 3. The van der Waals surface area contributed by atoms with Crippen molar-refractivity contribution >= 4 is 17.9 Å². The van der Waals surface area contributed by atoms with Gasteiger partial charge in [0.1, 0.15) is 13.2 Å². The van der Waals surface area contributed by atoms with Gasteiger partial charge >= 0.3 is 17.9 Å². The van der Waals surface area contributed by atoms with Gasteiger partial charge in [-0.3, -0.25) is 14.4 Å². The van der Waals surface area contributed by atoms with Crippen molar-refractivity contribution in [3.05, 3.63) is 0 Å². The molecule has 2 atom stereocenters. The largest absolute Gasteiger partial charge is 0.462 e. The van der Waals surface area contributed by atoms with E-state index in [9.17, 15) is 14.4 Å². The molecule has 338 valence electrons. The van der Waals surface area contributed by atoms with Crippen LogP contribution in [0.5, 0.6) is 0 Å². The van der Waals surface area contributed by atoms with Crippen molar-refractivity contribution in [1.82, 2.24) is 0 Å². The maximum absolute atomic E-state index is 12.7. The first-order chi connectivity index (χ1) is 27.8. The third kappa shape index (κ3) is 43.8. The molecule has 0 aliphatic carbocycles. The van der Waals surface area contributed by atoms with Crippen LogP contribution in [0.3, 0.4) is 0 Å². The fourth-order valence-corrected chi connectivity index (χ4v) is 7.60. The smallest absolute Gasteiger partial charge is 0.306 e. The van der Waals surface area contributed by atoms with Crippen molar-refractivity contribution in [3.8, 4) is 0 Å². The third-order valence-electron chi connectivity index (χ3n) is 11.8. The Hall–Kier alpha value is -1.59. The number of carbonyl (C=O) groups is 3. The van der Waals surface area contributed by atoms with Crippen molar-refractivity contribution in [2.24, 2.45) is 11.8 Å². The number of unbranched alkanes of at least 4 members (excludes halogenated alkanes) is 29. The number of carbonyl (C=O) groups excluding carboxylic acids is 3. The normalized spacial score (nSPS) is 12.5. The zero-order valence-corrected chi connectivity index (χ0v) is 39.0. The molecule has 0 radical (unpaired) electrons. The van der Waals surface area contributed by atoms with Crippen LogP contribution in [0.15, 0.2) is 0 Å². The maximum Gasteiger partial charge on any atom is 0.306 e. The molecule has 0 aromatic carbocycles. The van der Waals surface area contributed by atoms with Gasteiger partial charge < -0.3 is 14.2 Å². The van der Waals surface area contributed by atoms with Crippen LogP contribution >= 0.6 is 0 Å². The summed E-state index contributed by atoms with van der Waals surface area (Å²) < 4.78 is 16.8. The summed E-state index contributed by atoms with van der Waals surface area (Å²) in [6, 6.07) is 0. The molecular formula is C51H98O6. The Kier molecular flexibility index (Phi) is 42.7. The van der Waals surface area contributed by atoms with Crippen LogP contribution in [0.25, 0.3) is 0 Å². The van der Waals surface area contributed by atoms with Gasteiger partial charge in [-0.25, -0.2) is 0 Å². The van der Waals surface area contributed by atoms with Gasteiger partial charge in [0.15, 0.2) is 6.10 Å². The van der Waals surface area contributed by atoms with Gasteiger partial charge in [-0.05, 0) is 31.1 Å². The summed E-state index contributed by atoms with van der Waals surface area (Å²) in [6.45, 7) is 11.3. The first-order valence-electron chi connectivity index (χ1n) is 25.3. The molecule has 0 aliphatic rings. The molecule has 57 heavy (non-hydrogen) atoms. The molecule has 0 saturated heterocycles. The monoisotopic (exact) mass is 807 g/mol. The summed E-state index contributed by atoms with van der Waals surface area (Å²) in [5.41, 5.74) is 0. The van der Waals surface area contributed by atoms with E-state index in [1.165, 1.54) is 167 Å². The van der Waals surface area contributed by atoms with E-state index in [1.54, 1.807) is 0 Å².